The summed E-state index contributed by atoms with van der Waals surface area (Å²) < 4.78 is 5.28. The van der Waals surface area contributed by atoms with Gasteiger partial charge >= 0.3 is 0 Å². The number of nitrogens with zero attached hydrogens (tertiary/aromatic N) is 1. The molecule has 1 atom stereocenters. The lowest BCUT2D eigenvalue weighted by molar-refractivity contribution is 0.0843. The topological polar surface area (TPSA) is 41.6 Å². The Morgan fingerprint density at radius 3 is 2.89 bits per heavy atom. The maximum absolute atomic E-state index is 12.6. The Hall–Kier alpha value is -1.39. The van der Waals surface area contributed by atoms with Crippen molar-refractivity contribution in [3.63, 3.8) is 0 Å². The Morgan fingerprint density at radius 2 is 2.11 bits per heavy atom. The minimum Gasteiger partial charge on any atom is -0.496 e. The van der Waals surface area contributed by atoms with Gasteiger partial charge in [-0.2, -0.15) is 0 Å². The largest absolute Gasteiger partial charge is 0.496 e. The molecule has 1 fully saturated rings. The number of methoxy groups -OCH3 is 1. The average molecular weight is 262 g/mol. The number of hydrogen-bond donors (Lipinski definition) is 1. The third kappa shape index (κ3) is 3.33. The van der Waals surface area contributed by atoms with Crippen molar-refractivity contribution in [3.05, 3.63) is 29.8 Å². The lowest BCUT2D eigenvalue weighted by Crippen LogP contribution is -2.41. The first-order chi connectivity index (χ1) is 9.24. The van der Waals surface area contributed by atoms with Gasteiger partial charge < -0.3 is 10.1 Å². The van der Waals surface area contributed by atoms with Gasteiger partial charge in [0.2, 0.25) is 0 Å². The Kier molecular flexibility index (Phi) is 4.93. The number of rotatable bonds is 4. The minimum absolute atomic E-state index is 0.101. The van der Waals surface area contributed by atoms with E-state index in [-0.39, 0.29) is 11.8 Å². The van der Waals surface area contributed by atoms with Gasteiger partial charge in [-0.05, 0) is 32.0 Å². The normalized spacial score (nSPS) is 18.6. The quantitative estimate of drug-likeness (QED) is 0.836. The predicted octanol–water partition coefficient (Wildman–Crippen LogP) is 1.56. The van der Waals surface area contributed by atoms with Crippen LogP contribution in [0.15, 0.2) is 24.3 Å². The highest BCUT2D eigenvalue weighted by molar-refractivity contribution is 6.02. The van der Waals surface area contributed by atoms with E-state index in [1.165, 1.54) is 0 Å². The van der Waals surface area contributed by atoms with Gasteiger partial charge in [0.1, 0.15) is 5.75 Å². The van der Waals surface area contributed by atoms with Crippen molar-refractivity contribution >= 4 is 5.78 Å². The molecule has 1 aliphatic heterocycles. The van der Waals surface area contributed by atoms with Crippen LogP contribution in [0, 0.1) is 0 Å². The van der Waals surface area contributed by atoms with Crippen LogP contribution in [0.4, 0.5) is 0 Å². The van der Waals surface area contributed by atoms with Gasteiger partial charge in [0.15, 0.2) is 5.78 Å². The number of benzene rings is 1. The molecule has 1 N–H and O–H groups in total. The maximum atomic E-state index is 12.6. The number of carbonyl (C=O) groups is 1. The Morgan fingerprint density at radius 1 is 1.32 bits per heavy atom. The number of Topliss-reactive ketones (excluding diaryl/α,β-unsaturated/α-hetero) is 1. The van der Waals surface area contributed by atoms with E-state index in [2.05, 4.69) is 10.2 Å². The smallest absolute Gasteiger partial charge is 0.183 e. The summed E-state index contributed by atoms with van der Waals surface area (Å²) >= 11 is 0. The molecule has 0 saturated carbocycles. The van der Waals surface area contributed by atoms with Crippen molar-refractivity contribution in [1.82, 2.24) is 10.2 Å². The van der Waals surface area contributed by atoms with E-state index in [9.17, 15) is 4.79 Å². The highest BCUT2D eigenvalue weighted by atomic mass is 16.5. The fourth-order valence-corrected chi connectivity index (χ4v) is 2.49. The van der Waals surface area contributed by atoms with Crippen molar-refractivity contribution in [2.75, 3.05) is 33.3 Å². The zero-order valence-corrected chi connectivity index (χ0v) is 11.7. The van der Waals surface area contributed by atoms with E-state index >= 15 is 0 Å². The van der Waals surface area contributed by atoms with Gasteiger partial charge in [-0.1, -0.05) is 12.1 Å². The standard InChI is InChI=1S/C15H22N2O2/c1-12(17-10-5-8-16-9-11-17)15(18)13-6-3-4-7-14(13)19-2/h3-4,6-7,12,16H,5,8-11H2,1-2H3. The molecule has 1 aliphatic rings. The van der Waals surface area contributed by atoms with Crippen molar-refractivity contribution in [2.24, 2.45) is 0 Å². The molecule has 0 aliphatic carbocycles. The van der Waals surface area contributed by atoms with Gasteiger partial charge in [0, 0.05) is 19.6 Å². The van der Waals surface area contributed by atoms with Gasteiger partial charge in [0.25, 0.3) is 0 Å². The SMILES string of the molecule is COc1ccccc1C(=O)C(C)N1CCCNCC1. The number of carbonyl (C=O) groups excluding carboxylic acids is 1. The molecule has 1 aromatic rings. The highest BCUT2D eigenvalue weighted by Crippen LogP contribution is 2.20. The molecule has 0 aromatic heterocycles. The van der Waals surface area contributed by atoms with Crippen LogP contribution in [0.25, 0.3) is 0 Å². The molecule has 0 radical (unpaired) electrons. The van der Waals surface area contributed by atoms with E-state index < -0.39 is 0 Å². The van der Waals surface area contributed by atoms with Gasteiger partial charge in [-0.25, -0.2) is 0 Å². The van der Waals surface area contributed by atoms with E-state index in [1.807, 2.05) is 31.2 Å². The van der Waals surface area contributed by atoms with Crippen LogP contribution >= 0.6 is 0 Å². The lowest BCUT2D eigenvalue weighted by atomic mass is 10.0. The maximum Gasteiger partial charge on any atom is 0.183 e. The highest BCUT2D eigenvalue weighted by Gasteiger charge is 2.24. The number of ketones is 1. The summed E-state index contributed by atoms with van der Waals surface area (Å²) in [5, 5.41) is 3.36. The molecule has 19 heavy (non-hydrogen) atoms. The molecule has 1 saturated heterocycles. The summed E-state index contributed by atoms with van der Waals surface area (Å²) in [5.74, 6) is 0.798. The van der Waals surface area contributed by atoms with Crippen LogP contribution < -0.4 is 10.1 Å². The van der Waals surface area contributed by atoms with Gasteiger partial charge in [0.05, 0.1) is 18.7 Å². The molecule has 4 heteroatoms. The minimum atomic E-state index is -0.101. The van der Waals surface area contributed by atoms with E-state index in [1.54, 1.807) is 7.11 Å². The molecular formula is C15H22N2O2. The van der Waals surface area contributed by atoms with E-state index in [0.717, 1.165) is 32.6 Å². The molecule has 2 rings (SSSR count). The first-order valence-electron chi connectivity index (χ1n) is 6.86. The van der Waals surface area contributed by atoms with E-state index in [0.29, 0.717) is 11.3 Å². The summed E-state index contributed by atoms with van der Waals surface area (Å²) in [6, 6.07) is 7.34. The molecule has 0 bridgehead atoms. The van der Waals surface area contributed by atoms with Crippen LogP contribution in [-0.2, 0) is 0 Å². The Labute approximate surface area is 114 Å². The van der Waals surface area contributed by atoms with Crippen molar-refractivity contribution in [2.45, 2.75) is 19.4 Å². The van der Waals surface area contributed by atoms with Crippen molar-refractivity contribution in [1.29, 1.82) is 0 Å². The summed E-state index contributed by atoms with van der Waals surface area (Å²) in [7, 11) is 1.60. The van der Waals surface area contributed by atoms with Crippen molar-refractivity contribution < 1.29 is 9.53 Å². The zero-order chi connectivity index (χ0) is 13.7. The fourth-order valence-electron chi connectivity index (χ4n) is 2.49. The molecular weight excluding hydrogens is 240 g/mol. The summed E-state index contributed by atoms with van der Waals surface area (Å²) in [5.41, 5.74) is 0.676. The average Bonchev–Trinajstić information content (AvgIpc) is 2.74. The Balaban J connectivity index is 2.13. The van der Waals surface area contributed by atoms with Crippen LogP contribution in [0.3, 0.4) is 0 Å². The first-order valence-corrected chi connectivity index (χ1v) is 6.86. The second-order valence-electron chi connectivity index (χ2n) is 4.88. The molecule has 0 amide bonds. The molecule has 1 aromatic carbocycles. The number of nitrogens with one attached hydrogen (secondary N) is 1. The zero-order valence-electron chi connectivity index (χ0n) is 11.7. The summed E-state index contributed by atoms with van der Waals surface area (Å²) in [6.07, 6.45) is 1.09. The molecule has 1 unspecified atom stereocenters. The third-order valence-electron chi connectivity index (χ3n) is 3.67. The fraction of sp³-hybridized carbons (Fsp3) is 0.533. The van der Waals surface area contributed by atoms with Crippen LogP contribution in [0.1, 0.15) is 23.7 Å². The van der Waals surface area contributed by atoms with Crippen LogP contribution in [0.2, 0.25) is 0 Å². The first kappa shape index (κ1) is 14.0. The van der Waals surface area contributed by atoms with Crippen LogP contribution in [0.5, 0.6) is 5.75 Å². The third-order valence-corrected chi connectivity index (χ3v) is 3.67. The van der Waals surface area contributed by atoms with Crippen LogP contribution in [-0.4, -0.2) is 50.0 Å². The second kappa shape index (κ2) is 6.68. The second-order valence-corrected chi connectivity index (χ2v) is 4.88. The summed E-state index contributed by atoms with van der Waals surface area (Å²) in [4.78, 5) is 14.8. The lowest BCUT2D eigenvalue weighted by Gasteiger charge is -2.26. The molecule has 104 valence electrons. The molecule has 4 nitrogen and oxygen atoms in total. The number of para-hydroxylation sites is 1. The monoisotopic (exact) mass is 262 g/mol. The van der Waals surface area contributed by atoms with E-state index in [4.69, 9.17) is 4.74 Å². The summed E-state index contributed by atoms with van der Waals surface area (Å²) in [6.45, 7) is 5.85. The molecule has 1 heterocycles. The number of ether oxygens (including phenoxy) is 1. The predicted molar refractivity (Wildman–Crippen MR) is 75.8 cm³/mol. The van der Waals surface area contributed by atoms with Gasteiger partial charge in [-0.3, -0.25) is 9.69 Å². The molecule has 0 spiro atoms. The van der Waals surface area contributed by atoms with Crippen molar-refractivity contribution in [3.8, 4) is 5.75 Å². The van der Waals surface area contributed by atoms with Gasteiger partial charge in [-0.15, -0.1) is 0 Å². The Bertz CT molecular complexity index is 426. The number of hydrogen-bond acceptors (Lipinski definition) is 4.